The zero-order chi connectivity index (χ0) is 12.4. The lowest BCUT2D eigenvalue weighted by molar-refractivity contribution is 0.837. The molecule has 0 atom stereocenters. The molecule has 1 aromatic heterocycles. The van der Waals surface area contributed by atoms with Crippen molar-refractivity contribution in [3.63, 3.8) is 0 Å². The largest absolute Gasteiger partial charge is 0.343 e. The van der Waals surface area contributed by atoms with Gasteiger partial charge in [-0.25, -0.2) is 0 Å². The van der Waals surface area contributed by atoms with E-state index in [2.05, 4.69) is 47.2 Å². The topological polar surface area (TPSA) is 28.7 Å². The number of nitrogens with zero attached hydrogens (tertiary/aromatic N) is 2. The average Bonchev–Trinajstić information content (AvgIpc) is 2.82. The third-order valence-corrected chi connectivity index (χ3v) is 3.10. The highest BCUT2D eigenvalue weighted by molar-refractivity contribution is 5.81. The van der Waals surface area contributed by atoms with Gasteiger partial charge in [-0.1, -0.05) is 30.3 Å². The van der Waals surface area contributed by atoms with Gasteiger partial charge in [0.15, 0.2) is 0 Å². The Kier molecular flexibility index (Phi) is 2.59. The van der Waals surface area contributed by atoms with Gasteiger partial charge in [0.2, 0.25) is 0 Å². The van der Waals surface area contributed by atoms with E-state index in [0.717, 1.165) is 17.4 Å². The number of aromatic nitrogens is 1. The molecule has 0 saturated carbocycles. The fourth-order valence-electron chi connectivity index (χ4n) is 2.19. The van der Waals surface area contributed by atoms with Gasteiger partial charge in [-0.2, -0.15) is 5.26 Å². The molecular weight excluding hydrogens is 220 g/mol. The van der Waals surface area contributed by atoms with Crippen LogP contribution in [0.1, 0.15) is 11.1 Å². The molecular formula is C16H12N2. The van der Waals surface area contributed by atoms with E-state index in [1.165, 1.54) is 5.56 Å². The van der Waals surface area contributed by atoms with Crippen molar-refractivity contribution in [2.45, 2.75) is 6.54 Å². The standard InChI is InChI=1S/C16H12N2/c17-11-14-6-7-16-15(10-14)8-9-18(16)12-13-4-2-1-3-5-13/h1-10H,12H2. The summed E-state index contributed by atoms with van der Waals surface area (Å²) < 4.78 is 2.20. The minimum absolute atomic E-state index is 0.708. The van der Waals surface area contributed by atoms with Gasteiger partial charge in [0, 0.05) is 23.6 Å². The van der Waals surface area contributed by atoms with Gasteiger partial charge in [-0.05, 0) is 29.8 Å². The Balaban J connectivity index is 2.01. The lowest BCUT2D eigenvalue weighted by Gasteiger charge is -2.05. The summed E-state index contributed by atoms with van der Waals surface area (Å²) in [6.45, 7) is 0.857. The van der Waals surface area contributed by atoms with Crippen LogP contribution in [0.15, 0.2) is 60.8 Å². The molecule has 2 aromatic carbocycles. The van der Waals surface area contributed by atoms with E-state index in [9.17, 15) is 0 Å². The Labute approximate surface area is 106 Å². The van der Waals surface area contributed by atoms with Crippen LogP contribution in [0.2, 0.25) is 0 Å². The van der Waals surface area contributed by atoms with Crippen LogP contribution in [-0.2, 0) is 6.54 Å². The Morgan fingerprint density at radius 1 is 1.00 bits per heavy atom. The summed E-state index contributed by atoms with van der Waals surface area (Å²) in [6, 6.07) is 20.4. The van der Waals surface area contributed by atoms with Crippen molar-refractivity contribution in [3.05, 3.63) is 71.9 Å². The number of fused-ring (bicyclic) bond motifs is 1. The first-order chi connectivity index (χ1) is 8.86. The van der Waals surface area contributed by atoms with Crippen LogP contribution < -0.4 is 0 Å². The second-order valence-electron chi connectivity index (χ2n) is 4.31. The number of hydrogen-bond acceptors (Lipinski definition) is 1. The van der Waals surface area contributed by atoms with E-state index in [4.69, 9.17) is 5.26 Å². The molecule has 1 heterocycles. The maximum atomic E-state index is 8.88. The van der Waals surface area contributed by atoms with Crippen molar-refractivity contribution in [3.8, 4) is 6.07 Å². The van der Waals surface area contributed by atoms with Crippen molar-refractivity contribution >= 4 is 10.9 Å². The van der Waals surface area contributed by atoms with Crippen molar-refractivity contribution in [1.82, 2.24) is 4.57 Å². The summed E-state index contributed by atoms with van der Waals surface area (Å²) in [6.07, 6.45) is 2.07. The lowest BCUT2D eigenvalue weighted by Crippen LogP contribution is -1.97. The summed E-state index contributed by atoms with van der Waals surface area (Å²) in [5, 5.41) is 10.00. The molecule has 0 fully saturated rings. The first-order valence-corrected chi connectivity index (χ1v) is 5.90. The second kappa shape index (κ2) is 4.38. The van der Waals surface area contributed by atoms with Crippen LogP contribution in [0, 0.1) is 11.3 Å². The van der Waals surface area contributed by atoms with Crippen molar-refractivity contribution in [2.75, 3.05) is 0 Å². The molecule has 3 rings (SSSR count). The monoisotopic (exact) mass is 232 g/mol. The molecule has 0 bridgehead atoms. The Morgan fingerprint density at radius 3 is 2.61 bits per heavy atom. The quantitative estimate of drug-likeness (QED) is 0.664. The molecule has 0 unspecified atom stereocenters. The van der Waals surface area contributed by atoms with Gasteiger partial charge in [0.25, 0.3) is 0 Å². The van der Waals surface area contributed by atoms with Gasteiger partial charge in [-0.3, -0.25) is 0 Å². The van der Waals surface area contributed by atoms with Gasteiger partial charge in [-0.15, -0.1) is 0 Å². The predicted octanol–water partition coefficient (Wildman–Crippen LogP) is 3.56. The maximum absolute atomic E-state index is 8.88. The zero-order valence-corrected chi connectivity index (χ0v) is 9.88. The smallest absolute Gasteiger partial charge is 0.0991 e. The van der Waals surface area contributed by atoms with Crippen LogP contribution in [0.3, 0.4) is 0 Å². The number of hydrogen-bond donors (Lipinski definition) is 0. The second-order valence-corrected chi connectivity index (χ2v) is 4.31. The fraction of sp³-hybridized carbons (Fsp3) is 0.0625. The maximum Gasteiger partial charge on any atom is 0.0991 e. The van der Waals surface area contributed by atoms with Crippen LogP contribution >= 0.6 is 0 Å². The normalized spacial score (nSPS) is 10.4. The predicted molar refractivity (Wildman–Crippen MR) is 72.2 cm³/mol. The molecule has 0 radical (unpaired) electrons. The molecule has 18 heavy (non-hydrogen) atoms. The van der Waals surface area contributed by atoms with Crippen molar-refractivity contribution in [2.24, 2.45) is 0 Å². The molecule has 0 aliphatic heterocycles. The summed E-state index contributed by atoms with van der Waals surface area (Å²) in [5.74, 6) is 0. The molecule has 0 N–H and O–H groups in total. The first-order valence-electron chi connectivity index (χ1n) is 5.90. The molecule has 2 nitrogen and oxygen atoms in total. The zero-order valence-electron chi connectivity index (χ0n) is 9.88. The van der Waals surface area contributed by atoms with Gasteiger partial charge < -0.3 is 4.57 Å². The number of benzene rings is 2. The third kappa shape index (κ3) is 1.87. The Bertz CT molecular complexity index is 718. The average molecular weight is 232 g/mol. The molecule has 0 spiro atoms. The number of nitriles is 1. The van der Waals surface area contributed by atoms with Crippen LogP contribution in [0.5, 0.6) is 0 Å². The first kappa shape index (κ1) is 10.6. The minimum atomic E-state index is 0.708. The van der Waals surface area contributed by atoms with E-state index in [1.807, 2.05) is 24.3 Å². The van der Waals surface area contributed by atoms with Gasteiger partial charge in [0.05, 0.1) is 11.6 Å². The van der Waals surface area contributed by atoms with Crippen LogP contribution in [0.4, 0.5) is 0 Å². The Morgan fingerprint density at radius 2 is 1.83 bits per heavy atom. The molecule has 86 valence electrons. The van der Waals surface area contributed by atoms with Crippen LogP contribution in [-0.4, -0.2) is 4.57 Å². The van der Waals surface area contributed by atoms with E-state index in [0.29, 0.717) is 5.56 Å². The lowest BCUT2D eigenvalue weighted by atomic mass is 10.2. The highest BCUT2D eigenvalue weighted by atomic mass is 14.9. The van der Waals surface area contributed by atoms with Crippen molar-refractivity contribution < 1.29 is 0 Å². The summed E-state index contributed by atoms with van der Waals surface area (Å²) in [5.41, 5.74) is 3.15. The highest BCUT2D eigenvalue weighted by Crippen LogP contribution is 2.18. The summed E-state index contributed by atoms with van der Waals surface area (Å²) >= 11 is 0. The molecule has 0 amide bonds. The van der Waals surface area contributed by atoms with Gasteiger partial charge >= 0.3 is 0 Å². The van der Waals surface area contributed by atoms with Gasteiger partial charge in [0.1, 0.15) is 0 Å². The fourth-order valence-corrected chi connectivity index (χ4v) is 2.19. The van der Waals surface area contributed by atoms with E-state index >= 15 is 0 Å². The molecule has 0 aliphatic rings. The third-order valence-electron chi connectivity index (χ3n) is 3.10. The number of rotatable bonds is 2. The molecule has 3 aromatic rings. The highest BCUT2D eigenvalue weighted by Gasteiger charge is 2.02. The SMILES string of the molecule is N#Cc1ccc2c(ccn2Cc2ccccc2)c1. The molecule has 0 saturated heterocycles. The van der Waals surface area contributed by atoms with E-state index in [1.54, 1.807) is 0 Å². The van der Waals surface area contributed by atoms with E-state index in [-0.39, 0.29) is 0 Å². The summed E-state index contributed by atoms with van der Waals surface area (Å²) in [4.78, 5) is 0. The minimum Gasteiger partial charge on any atom is -0.343 e. The molecule has 0 aliphatic carbocycles. The van der Waals surface area contributed by atoms with Crippen molar-refractivity contribution in [1.29, 1.82) is 5.26 Å². The van der Waals surface area contributed by atoms with E-state index < -0.39 is 0 Å². The summed E-state index contributed by atoms with van der Waals surface area (Å²) in [7, 11) is 0. The Hall–Kier alpha value is -2.53. The molecule has 2 heteroatoms. The van der Waals surface area contributed by atoms with Crippen LogP contribution in [0.25, 0.3) is 10.9 Å².